The summed E-state index contributed by atoms with van der Waals surface area (Å²) in [6.45, 7) is -0.467. The number of anilines is 2. The number of nitrogens with one attached hydrogen (secondary N) is 3. The minimum absolute atomic E-state index is 0.0338. The Morgan fingerprint density at radius 2 is 1.78 bits per heavy atom. The number of piperidine rings is 1. The molecular weight excluding hydrogens is 659 g/mol. The second-order valence-corrected chi connectivity index (χ2v) is 14.7. The van der Waals surface area contributed by atoms with E-state index in [1.807, 2.05) is 22.9 Å². The van der Waals surface area contributed by atoms with Crippen molar-refractivity contribution in [3.05, 3.63) is 64.3 Å². The first kappa shape index (κ1) is 32.7. The molecule has 2 saturated heterocycles. The van der Waals surface area contributed by atoms with Crippen molar-refractivity contribution in [2.75, 3.05) is 16.2 Å². The van der Waals surface area contributed by atoms with Gasteiger partial charge in [0.15, 0.2) is 5.82 Å². The van der Waals surface area contributed by atoms with E-state index < -0.39 is 52.2 Å². The monoisotopic (exact) mass is 694 g/mol. The molecule has 4 aromatic rings. The van der Waals surface area contributed by atoms with Crippen molar-refractivity contribution in [2.24, 2.45) is 13.0 Å². The molecule has 7 rings (SSSR count). The molecule has 2 aliphatic heterocycles. The number of phenols is 1. The summed E-state index contributed by atoms with van der Waals surface area (Å²) >= 11 is 0. The number of nitrogens with zero attached hydrogens (tertiary/aromatic N) is 3. The fourth-order valence-electron chi connectivity index (χ4n) is 7.43. The lowest BCUT2D eigenvalue weighted by atomic mass is 9.77. The van der Waals surface area contributed by atoms with Crippen LogP contribution in [-0.2, 0) is 31.6 Å². The third kappa shape index (κ3) is 5.93. The van der Waals surface area contributed by atoms with Crippen LogP contribution in [-0.4, -0.2) is 58.3 Å². The van der Waals surface area contributed by atoms with Gasteiger partial charge < -0.3 is 15.5 Å². The van der Waals surface area contributed by atoms with E-state index in [2.05, 4.69) is 10.6 Å². The lowest BCUT2D eigenvalue weighted by Crippen LogP contribution is -2.44. The number of amides is 3. The third-order valence-corrected chi connectivity index (χ3v) is 11.4. The van der Waals surface area contributed by atoms with Crippen LogP contribution < -0.4 is 25.4 Å². The summed E-state index contributed by atoms with van der Waals surface area (Å²) < 4.78 is 45.5. The number of phenolic OH excluding ortho intramolecular Hbond substituents is 1. The van der Waals surface area contributed by atoms with Gasteiger partial charge in [0.1, 0.15) is 23.7 Å². The van der Waals surface area contributed by atoms with Crippen molar-refractivity contribution in [3.63, 3.8) is 0 Å². The van der Waals surface area contributed by atoms with E-state index >= 15 is 4.39 Å². The number of fused-ring (bicyclic) bond motifs is 2. The highest BCUT2D eigenvalue weighted by Gasteiger charge is 2.38. The van der Waals surface area contributed by atoms with Gasteiger partial charge >= 0.3 is 15.9 Å². The Morgan fingerprint density at radius 1 is 1.02 bits per heavy atom. The van der Waals surface area contributed by atoms with E-state index in [4.69, 9.17) is 0 Å². The molecule has 14 nitrogen and oxygen atoms in total. The van der Waals surface area contributed by atoms with Crippen LogP contribution in [0.1, 0.15) is 62.5 Å². The fourth-order valence-corrected chi connectivity index (χ4v) is 8.73. The average molecular weight is 695 g/mol. The maximum atomic E-state index is 15.4. The first-order chi connectivity index (χ1) is 23.3. The molecule has 2 unspecified atom stereocenters. The van der Waals surface area contributed by atoms with Gasteiger partial charge in [0.05, 0.1) is 17.6 Å². The molecule has 3 aliphatic rings. The Bertz CT molecular complexity index is 2210. The largest absolute Gasteiger partial charge is 0.506 e. The van der Waals surface area contributed by atoms with E-state index in [0.717, 1.165) is 31.2 Å². The third-order valence-electron chi connectivity index (χ3n) is 9.91. The summed E-state index contributed by atoms with van der Waals surface area (Å²) in [6, 6.07) is 10.7. The minimum atomic E-state index is -4.24. The van der Waals surface area contributed by atoms with Crippen molar-refractivity contribution in [1.82, 2.24) is 19.2 Å². The molecule has 0 radical (unpaired) electrons. The van der Waals surface area contributed by atoms with Crippen molar-refractivity contribution >= 4 is 61.1 Å². The normalized spacial score (nSPS) is 24.0. The maximum absolute atomic E-state index is 15.4. The maximum Gasteiger partial charge on any atom is 0.329 e. The summed E-state index contributed by atoms with van der Waals surface area (Å²) in [6.07, 6.45) is 2.61. The highest BCUT2D eigenvalue weighted by Crippen LogP contribution is 2.40. The van der Waals surface area contributed by atoms with Crippen LogP contribution >= 0.6 is 0 Å². The van der Waals surface area contributed by atoms with Gasteiger partial charge in [-0.15, -0.1) is 0 Å². The zero-order chi connectivity index (χ0) is 34.8. The highest BCUT2D eigenvalue weighted by molar-refractivity contribution is 7.91. The topological polar surface area (TPSA) is 192 Å². The number of imidazole rings is 1. The average Bonchev–Trinajstić information content (AvgIpc) is 3.46. The fraction of sp³-hybridized carbons (Fsp3) is 0.394. The standard InChI is InChI=1S/C33H35FN6O8S/c1-38-25-14-19(6-9-23(25)40(33(38)46)24-10-11-27(42)36-32(24)45)18-4-2-17(3-5-18)12-28(43)35-21-7-8-22-20(13-21)15-26(41)31(30(22)34)39-16-29(44)37-49(39,47)48/h6-9,13-15,17-18,24,29,37,41,44H,2-5,10-12,16H2,1H3,(H,35,43)(H,36,42,45). The molecule has 3 fully saturated rings. The van der Waals surface area contributed by atoms with E-state index in [9.17, 15) is 37.8 Å². The zero-order valence-electron chi connectivity index (χ0n) is 26.5. The van der Waals surface area contributed by atoms with Gasteiger partial charge in [0, 0.05) is 31.0 Å². The van der Waals surface area contributed by atoms with Crippen LogP contribution in [0.25, 0.3) is 21.8 Å². The van der Waals surface area contributed by atoms with Gasteiger partial charge in [-0.3, -0.25) is 28.8 Å². The number of aryl methyl sites for hydroxylation is 1. The number of carbonyl (C=O) groups excluding carboxylic acids is 3. The Hall–Kier alpha value is -4.80. The number of aliphatic hydroxyl groups excluding tert-OH is 1. The molecule has 1 aromatic heterocycles. The Morgan fingerprint density at radius 3 is 2.47 bits per heavy atom. The molecule has 3 heterocycles. The Balaban J connectivity index is 0.993. The zero-order valence-corrected chi connectivity index (χ0v) is 27.3. The second kappa shape index (κ2) is 12.3. The first-order valence-electron chi connectivity index (χ1n) is 16.1. The van der Waals surface area contributed by atoms with Crippen molar-refractivity contribution in [2.45, 2.75) is 63.1 Å². The SMILES string of the molecule is Cn1c(=O)n(C2CCC(=O)NC2=O)c2ccc(C3CCC(CC(=O)Nc4ccc5c(F)c(N6CC(O)NS6(=O)=O)c(O)cc5c4)CC3)cc21. The predicted octanol–water partition coefficient (Wildman–Crippen LogP) is 2.59. The van der Waals surface area contributed by atoms with E-state index in [0.29, 0.717) is 21.0 Å². The number of aromatic hydroxyl groups is 1. The smallest absolute Gasteiger partial charge is 0.329 e. The summed E-state index contributed by atoms with van der Waals surface area (Å²) in [5, 5.41) is 25.7. The molecule has 1 saturated carbocycles. The summed E-state index contributed by atoms with van der Waals surface area (Å²) in [7, 11) is -2.57. The number of hydrogen-bond acceptors (Lipinski definition) is 8. The van der Waals surface area contributed by atoms with E-state index in [1.165, 1.54) is 33.4 Å². The Labute approximate surface area is 279 Å². The number of carbonyl (C=O) groups is 3. The van der Waals surface area contributed by atoms with Crippen LogP contribution in [0, 0.1) is 11.7 Å². The first-order valence-corrected chi connectivity index (χ1v) is 17.5. The number of hydrogen-bond donors (Lipinski definition) is 5. The highest BCUT2D eigenvalue weighted by atomic mass is 32.2. The molecular formula is C33H35FN6O8S. The van der Waals surface area contributed by atoms with Crippen LogP contribution in [0.2, 0.25) is 0 Å². The van der Waals surface area contributed by atoms with Crippen molar-refractivity contribution < 1.29 is 37.4 Å². The lowest BCUT2D eigenvalue weighted by molar-refractivity contribution is -0.135. The minimum Gasteiger partial charge on any atom is -0.506 e. The predicted molar refractivity (Wildman–Crippen MR) is 178 cm³/mol. The van der Waals surface area contributed by atoms with Crippen LogP contribution in [0.3, 0.4) is 0 Å². The second-order valence-electron chi connectivity index (χ2n) is 13.1. The number of halogens is 1. The number of imide groups is 1. The van der Waals surface area contributed by atoms with E-state index in [-0.39, 0.29) is 59.4 Å². The van der Waals surface area contributed by atoms with Gasteiger partial charge in [0.2, 0.25) is 17.7 Å². The molecule has 5 N–H and O–H groups in total. The molecule has 3 amide bonds. The molecule has 0 bridgehead atoms. The number of benzene rings is 3. The Kier molecular flexibility index (Phi) is 8.19. The number of aromatic nitrogens is 2. The molecule has 258 valence electrons. The number of rotatable bonds is 6. The van der Waals surface area contributed by atoms with Gasteiger partial charge in [-0.05, 0) is 91.3 Å². The van der Waals surface area contributed by atoms with Gasteiger partial charge in [-0.1, -0.05) is 6.07 Å². The number of β-amino-alcohol motifs (C(OH)–C–C–N with tert-alkyl or cyclic N) is 1. The van der Waals surface area contributed by atoms with Crippen LogP contribution in [0.15, 0.2) is 47.3 Å². The molecule has 0 spiro atoms. The molecule has 49 heavy (non-hydrogen) atoms. The quantitative estimate of drug-likeness (QED) is 0.190. The van der Waals surface area contributed by atoms with E-state index in [1.54, 1.807) is 7.05 Å². The van der Waals surface area contributed by atoms with Gasteiger partial charge in [-0.2, -0.15) is 13.1 Å². The molecule has 1 aliphatic carbocycles. The summed E-state index contributed by atoms with van der Waals surface area (Å²) in [5.41, 5.74) is 1.94. The molecule has 3 aromatic carbocycles. The van der Waals surface area contributed by atoms with Crippen molar-refractivity contribution in [1.29, 1.82) is 0 Å². The lowest BCUT2D eigenvalue weighted by Gasteiger charge is -2.28. The summed E-state index contributed by atoms with van der Waals surface area (Å²) in [4.78, 5) is 50.3. The van der Waals surface area contributed by atoms with Crippen molar-refractivity contribution in [3.8, 4) is 5.75 Å². The molecule has 2 atom stereocenters. The van der Waals surface area contributed by atoms with Crippen LogP contribution in [0.5, 0.6) is 5.75 Å². The summed E-state index contributed by atoms with van der Waals surface area (Å²) in [5.74, 6) is -2.24. The van der Waals surface area contributed by atoms with Gasteiger partial charge in [-0.25, -0.2) is 13.5 Å². The number of aliphatic hydroxyl groups is 1. The van der Waals surface area contributed by atoms with Crippen LogP contribution in [0.4, 0.5) is 15.8 Å². The molecule has 16 heteroatoms. The van der Waals surface area contributed by atoms with Gasteiger partial charge in [0.25, 0.3) is 0 Å².